The molecule has 0 heterocycles. The molecule has 0 aliphatic heterocycles. The maximum absolute atomic E-state index is 9.83. The van der Waals surface area contributed by atoms with Gasteiger partial charge in [0.25, 0.3) is 0 Å². The van der Waals surface area contributed by atoms with Crippen LogP contribution in [0.25, 0.3) is 5.57 Å². The summed E-state index contributed by atoms with van der Waals surface area (Å²) in [6.45, 7) is 6.05. The summed E-state index contributed by atoms with van der Waals surface area (Å²) in [5.41, 5.74) is 3.58. The molecule has 74 valence electrons. The molecule has 0 amide bonds. The third kappa shape index (κ3) is 1.12. The first-order chi connectivity index (χ1) is 6.55. The molecule has 1 aliphatic rings. The van der Waals surface area contributed by atoms with Crippen molar-refractivity contribution in [3.05, 3.63) is 41.5 Å². The smallest absolute Gasteiger partial charge is 0.0641 e. The van der Waals surface area contributed by atoms with E-state index in [9.17, 15) is 5.11 Å². The molecular weight excluding hydrogens is 172 g/mol. The Kier molecular flexibility index (Phi) is 2.00. The molecule has 0 bridgehead atoms. The fourth-order valence-corrected chi connectivity index (χ4v) is 2.25. The van der Waals surface area contributed by atoms with E-state index in [1.54, 1.807) is 0 Å². The zero-order chi connectivity index (χ0) is 10.3. The lowest BCUT2D eigenvalue weighted by atomic mass is 9.80. The van der Waals surface area contributed by atoms with Gasteiger partial charge < -0.3 is 5.11 Å². The molecule has 1 nitrogen and oxygen atoms in total. The van der Waals surface area contributed by atoms with Gasteiger partial charge in [0.15, 0.2) is 0 Å². The summed E-state index contributed by atoms with van der Waals surface area (Å²) in [5, 5.41) is 9.83. The van der Waals surface area contributed by atoms with Crippen LogP contribution < -0.4 is 0 Å². The Balaban J connectivity index is 2.62. The number of aliphatic hydroxyl groups is 1. The summed E-state index contributed by atoms with van der Waals surface area (Å²) in [6, 6.07) is 8.31. The molecule has 2 atom stereocenters. The van der Waals surface area contributed by atoms with Crippen LogP contribution in [-0.4, -0.2) is 11.2 Å². The third-order valence-corrected chi connectivity index (χ3v) is 3.32. The first kappa shape index (κ1) is 9.47. The van der Waals surface area contributed by atoms with E-state index in [0.29, 0.717) is 0 Å². The van der Waals surface area contributed by atoms with Gasteiger partial charge in [-0.3, -0.25) is 0 Å². The Morgan fingerprint density at radius 3 is 2.57 bits per heavy atom. The summed E-state index contributed by atoms with van der Waals surface area (Å²) in [7, 11) is 0. The number of hydrogen-bond donors (Lipinski definition) is 1. The van der Waals surface area contributed by atoms with Crippen molar-refractivity contribution in [2.45, 2.75) is 32.3 Å². The Labute approximate surface area is 85.1 Å². The largest absolute Gasteiger partial charge is 0.392 e. The Morgan fingerprint density at radius 1 is 1.29 bits per heavy atom. The molecule has 1 N–H and O–H groups in total. The second kappa shape index (κ2) is 2.96. The van der Waals surface area contributed by atoms with Crippen molar-refractivity contribution in [1.82, 2.24) is 0 Å². The van der Waals surface area contributed by atoms with Crippen molar-refractivity contribution < 1.29 is 5.11 Å². The highest BCUT2D eigenvalue weighted by molar-refractivity contribution is 5.75. The van der Waals surface area contributed by atoms with Gasteiger partial charge in [-0.25, -0.2) is 0 Å². The third-order valence-electron chi connectivity index (χ3n) is 3.32. The molecular formula is C13H16O. The molecule has 2 rings (SSSR count). The minimum absolute atomic E-state index is 0.208. The summed E-state index contributed by atoms with van der Waals surface area (Å²) in [5.74, 6) is 0. The molecule has 2 unspecified atom stereocenters. The average Bonchev–Trinajstić information content (AvgIpc) is 2.42. The van der Waals surface area contributed by atoms with Gasteiger partial charge in [0, 0.05) is 5.41 Å². The summed E-state index contributed by atoms with van der Waals surface area (Å²) < 4.78 is 0. The molecule has 0 saturated carbocycles. The van der Waals surface area contributed by atoms with Gasteiger partial charge in [-0.15, -0.1) is 0 Å². The maximum Gasteiger partial charge on any atom is 0.0641 e. The number of benzene rings is 1. The van der Waals surface area contributed by atoms with Gasteiger partial charge in [0.05, 0.1) is 6.10 Å². The van der Waals surface area contributed by atoms with E-state index in [1.807, 2.05) is 19.1 Å². The van der Waals surface area contributed by atoms with Crippen LogP contribution in [0.5, 0.6) is 0 Å². The van der Waals surface area contributed by atoms with Gasteiger partial charge in [-0.2, -0.15) is 0 Å². The number of allylic oxidation sites excluding steroid dienone is 1. The first-order valence-electron chi connectivity index (χ1n) is 5.03. The van der Waals surface area contributed by atoms with Crippen molar-refractivity contribution in [3.63, 3.8) is 0 Å². The SMILES string of the molecule is CC1=CC(C)(C(C)O)c2ccccc21. The molecule has 1 aromatic carbocycles. The molecule has 0 spiro atoms. The van der Waals surface area contributed by atoms with Gasteiger partial charge in [-0.1, -0.05) is 30.3 Å². The molecule has 1 aliphatic carbocycles. The second-order valence-electron chi connectivity index (χ2n) is 4.33. The van der Waals surface area contributed by atoms with Gasteiger partial charge in [0.2, 0.25) is 0 Å². The lowest BCUT2D eigenvalue weighted by Gasteiger charge is -2.27. The number of rotatable bonds is 1. The number of hydrogen-bond acceptors (Lipinski definition) is 1. The van der Waals surface area contributed by atoms with Crippen LogP contribution in [0, 0.1) is 0 Å². The molecule has 1 heteroatoms. The minimum Gasteiger partial charge on any atom is -0.392 e. The first-order valence-corrected chi connectivity index (χ1v) is 5.03. The predicted molar refractivity (Wildman–Crippen MR) is 59.1 cm³/mol. The fourth-order valence-electron chi connectivity index (χ4n) is 2.25. The van der Waals surface area contributed by atoms with Crippen LogP contribution in [0.1, 0.15) is 31.9 Å². The molecule has 0 radical (unpaired) electrons. The van der Waals surface area contributed by atoms with Crippen molar-refractivity contribution in [2.24, 2.45) is 0 Å². The minimum atomic E-state index is -0.346. The van der Waals surface area contributed by atoms with E-state index in [2.05, 4.69) is 32.1 Å². The topological polar surface area (TPSA) is 20.2 Å². The summed E-state index contributed by atoms with van der Waals surface area (Å²) >= 11 is 0. The number of aliphatic hydroxyl groups excluding tert-OH is 1. The lowest BCUT2D eigenvalue weighted by Crippen LogP contribution is -2.30. The number of fused-ring (bicyclic) bond motifs is 1. The van der Waals surface area contributed by atoms with E-state index >= 15 is 0 Å². The van der Waals surface area contributed by atoms with Crippen LogP contribution in [0.3, 0.4) is 0 Å². The zero-order valence-corrected chi connectivity index (χ0v) is 8.91. The highest BCUT2D eigenvalue weighted by atomic mass is 16.3. The zero-order valence-electron chi connectivity index (χ0n) is 8.91. The fraction of sp³-hybridized carbons (Fsp3) is 0.385. The molecule has 0 saturated heterocycles. The highest BCUT2D eigenvalue weighted by Gasteiger charge is 2.36. The summed E-state index contributed by atoms with van der Waals surface area (Å²) in [4.78, 5) is 0. The average molecular weight is 188 g/mol. The monoisotopic (exact) mass is 188 g/mol. The van der Waals surface area contributed by atoms with Crippen molar-refractivity contribution >= 4 is 5.57 Å². The van der Waals surface area contributed by atoms with Crippen LogP contribution in [0.2, 0.25) is 0 Å². The molecule has 0 fully saturated rings. The second-order valence-corrected chi connectivity index (χ2v) is 4.33. The van der Waals surface area contributed by atoms with E-state index in [1.165, 1.54) is 16.7 Å². The highest BCUT2D eigenvalue weighted by Crippen LogP contribution is 2.42. The summed E-state index contributed by atoms with van der Waals surface area (Å²) in [6.07, 6.45) is 1.82. The van der Waals surface area contributed by atoms with Crippen LogP contribution in [0.15, 0.2) is 30.3 Å². The van der Waals surface area contributed by atoms with E-state index in [0.717, 1.165) is 0 Å². The normalized spacial score (nSPS) is 27.0. The molecule has 14 heavy (non-hydrogen) atoms. The quantitative estimate of drug-likeness (QED) is 0.718. The van der Waals surface area contributed by atoms with Gasteiger partial charge >= 0.3 is 0 Å². The van der Waals surface area contributed by atoms with Crippen molar-refractivity contribution in [2.75, 3.05) is 0 Å². The molecule has 0 aromatic heterocycles. The van der Waals surface area contributed by atoms with Crippen molar-refractivity contribution in [3.8, 4) is 0 Å². The van der Waals surface area contributed by atoms with Crippen LogP contribution >= 0.6 is 0 Å². The van der Waals surface area contributed by atoms with Gasteiger partial charge in [-0.05, 0) is 37.5 Å². The van der Waals surface area contributed by atoms with E-state index < -0.39 is 0 Å². The molecule has 1 aromatic rings. The lowest BCUT2D eigenvalue weighted by molar-refractivity contribution is 0.135. The Bertz CT molecular complexity index is 390. The Morgan fingerprint density at radius 2 is 1.93 bits per heavy atom. The van der Waals surface area contributed by atoms with E-state index in [-0.39, 0.29) is 11.5 Å². The van der Waals surface area contributed by atoms with Crippen molar-refractivity contribution in [1.29, 1.82) is 0 Å². The van der Waals surface area contributed by atoms with E-state index in [4.69, 9.17) is 0 Å². The Hall–Kier alpha value is -1.08. The van der Waals surface area contributed by atoms with Crippen LogP contribution in [-0.2, 0) is 5.41 Å². The standard InChI is InChI=1S/C13H16O/c1-9-8-13(3,10(2)14)12-7-5-4-6-11(9)12/h4-8,10,14H,1-3H3. The van der Waals surface area contributed by atoms with Crippen LogP contribution in [0.4, 0.5) is 0 Å². The maximum atomic E-state index is 9.83. The predicted octanol–water partition coefficient (Wildman–Crippen LogP) is 2.74. The van der Waals surface area contributed by atoms with Gasteiger partial charge in [0.1, 0.15) is 0 Å².